The number of ether oxygens (including phenoxy) is 1. The summed E-state index contributed by atoms with van der Waals surface area (Å²) in [6.45, 7) is 2.17. The van der Waals surface area contributed by atoms with Crippen molar-refractivity contribution in [3.8, 4) is 0 Å². The smallest absolute Gasteiger partial charge is 0.305 e. The van der Waals surface area contributed by atoms with E-state index in [0.29, 0.717) is 41.7 Å². The molecular weight excluding hydrogens is 251 g/mol. The highest BCUT2D eigenvalue weighted by atomic mass is 35.5. The standard InChI is InChI=1S/C10H12Cl2N2O2/c1-2-16-8(15)5-3-4-7-9(11)13-6-14-10(7)12/h6H,2-5H2,1H3. The van der Waals surface area contributed by atoms with Crippen molar-refractivity contribution in [3.63, 3.8) is 0 Å². The molecule has 1 aromatic rings. The van der Waals surface area contributed by atoms with Crippen molar-refractivity contribution in [2.24, 2.45) is 0 Å². The highest BCUT2D eigenvalue weighted by molar-refractivity contribution is 6.34. The van der Waals surface area contributed by atoms with Crippen LogP contribution in [-0.4, -0.2) is 22.5 Å². The second-order valence-electron chi connectivity index (χ2n) is 3.09. The van der Waals surface area contributed by atoms with Crippen LogP contribution in [0.5, 0.6) is 0 Å². The summed E-state index contributed by atoms with van der Waals surface area (Å²) in [6.07, 6.45) is 2.83. The molecule has 0 saturated heterocycles. The molecule has 0 fully saturated rings. The maximum Gasteiger partial charge on any atom is 0.305 e. The summed E-state index contributed by atoms with van der Waals surface area (Å²) in [6, 6.07) is 0. The zero-order valence-corrected chi connectivity index (χ0v) is 10.4. The summed E-state index contributed by atoms with van der Waals surface area (Å²) in [5.74, 6) is -0.216. The Hall–Kier alpha value is -0.870. The van der Waals surface area contributed by atoms with Crippen LogP contribution in [-0.2, 0) is 16.0 Å². The van der Waals surface area contributed by atoms with Gasteiger partial charge in [0.15, 0.2) is 0 Å². The molecule has 0 aliphatic heterocycles. The topological polar surface area (TPSA) is 52.1 Å². The fraction of sp³-hybridized carbons (Fsp3) is 0.500. The molecule has 0 amide bonds. The van der Waals surface area contributed by atoms with Crippen LogP contribution in [0.1, 0.15) is 25.3 Å². The molecule has 1 rings (SSSR count). The Kier molecular flexibility index (Phi) is 5.49. The molecule has 1 heterocycles. The Morgan fingerprint density at radius 2 is 2.00 bits per heavy atom. The largest absolute Gasteiger partial charge is 0.466 e. The van der Waals surface area contributed by atoms with E-state index in [0.717, 1.165) is 0 Å². The van der Waals surface area contributed by atoms with Crippen LogP contribution in [0.15, 0.2) is 6.33 Å². The molecular formula is C10H12Cl2N2O2. The lowest BCUT2D eigenvalue weighted by Crippen LogP contribution is -2.04. The van der Waals surface area contributed by atoms with Gasteiger partial charge in [0.25, 0.3) is 0 Å². The van der Waals surface area contributed by atoms with E-state index in [-0.39, 0.29) is 5.97 Å². The van der Waals surface area contributed by atoms with Crippen molar-refractivity contribution in [1.29, 1.82) is 0 Å². The first-order valence-electron chi connectivity index (χ1n) is 4.95. The molecule has 0 radical (unpaired) electrons. The van der Waals surface area contributed by atoms with E-state index in [1.54, 1.807) is 6.92 Å². The van der Waals surface area contributed by atoms with Gasteiger partial charge in [-0.05, 0) is 19.8 Å². The van der Waals surface area contributed by atoms with E-state index in [4.69, 9.17) is 27.9 Å². The van der Waals surface area contributed by atoms with Gasteiger partial charge in [0.05, 0.1) is 6.61 Å². The van der Waals surface area contributed by atoms with E-state index in [2.05, 4.69) is 9.97 Å². The molecule has 0 bridgehead atoms. The van der Waals surface area contributed by atoms with Crippen LogP contribution in [0.25, 0.3) is 0 Å². The van der Waals surface area contributed by atoms with Crippen molar-refractivity contribution in [2.45, 2.75) is 26.2 Å². The average Bonchev–Trinajstić information content (AvgIpc) is 2.23. The van der Waals surface area contributed by atoms with Crippen LogP contribution < -0.4 is 0 Å². The van der Waals surface area contributed by atoms with Crippen LogP contribution in [0.2, 0.25) is 10.3 Å². The van der Waals surface area contributed by atoms with Gasteiger partial charge in [-0.3, -0.25) is 4.79 Å². The zero-order chi connectivity index (χ0) is 12.0. The minimum atomic E-state index is -0.216. The van der Waals surface area contributed by atoms with Crippen LogP contribution in [0.4, 0.5) is 0 Å². The van der Waals surface area contributed by atoms with Gasteiger partial charge in [0, 0.05) is 12.0 Å². The number of hydrogen-bond acceptors (Lipinski definition) is 4. The molecule has 0 atom stereocenters. The number of rotatable bonds is 5. The fourth-order valence-corrected chi connectivity index (χ4v) is 1.72. The average molecular weight is 263 g/mol. The van der Waals surface area contributed by atoms with Crippen LogP contribution in [0, 0.1) is 0 Å². The molecule has 6 heteroatoms. The Morgan fingerprint density at radius 1 is 1.38 bits per heavy atom. The molecule has 0 aliphatic carbocycles. The number of nitrogens with zero attached hydrogens (tertiary/aromatic N) is 2. The van der Waals surface area contributed by atoms with Crippen molar-refractivity contribution in [1.82, 2.24) is 9.97 Å². The Bertz CT molecular complexity index is 352. The molecule has 1 aromatic heterocycles. The second kappa shape index (κ2) is 6.66. The lowest BCUT2D eigenvalue weighted by Gasteiger charge is -2.04. The van der Waals surface area contributed by atoms with Gasteiger partial charge in [-0.2, -0.15) is 0 Å². The maximum absolute atomic E-state index is 11.1. The van der Waals surface area contributed by atoms with E-state index in [1.807, 2.05) is 0 Å². The summed E-state index contributed by atoms with van der Waals surface area (Å²) in [5.41, 5.74) is 0.676. The van der Waals surface area contributed by atoms with E-state index in [1.165, 1.54) is 6.33 Å². The molecule has 0 aromatic carbocycles. The Labute approximate surface area is 104 Å². The van der Waals surface area contributed by atoms with Crippen molar-refractivity contribution in [3.05, 3.63) is 22.2 Å². The zero-order valence-electron chi connectivity index (χ0n) is 8.87. The van der Waals surface area contributed by atoms with Gasteiger partial charge in [0.2, 0.25) is 0 Å². The quantitative estimate of drug-likeness (QED) is 0.605. The lowest BCUT2D eigenvalue weighted by atomic mass is 10.1. The third-order valence-electron chi connectivity index (χ3n) is 1.95. The van der Waals surface area contributed by atoms with E-state index in [9.17, 15) is 4.79 Å². The molecule has 0 aliphatic rings. The van der Waals surface area contributed by atoms with Crippen molar-refractivity contribution in [2.75, 3.05) is 6.61 Å². The summed E-state index contributed by atoms with van der Waals surface area (Å²) in [5, 5.41) is 0.674. The SMILES string of the molecule is CCOC(=O)CCCc1c(Cl)ncnc1Cl. The van der Waals surface area contributed by atoms with Crippen molar-refractivity contribution < 1.29 is 9.53 Å². The number of hydrogen-bond donors (Lipinski definition) is 0. The summed E-state index contributed by atoms with van der Waals surface area (Å²) in [7, 11) is 0. The van der Waals surface area contributed by atoms with E-state index >= 15 is 0 Å². The maximum atomic E-state index is 11.1. The minimum Gasteiger partial charge on any atom is -0.466 e. The normalized spacial score (nSPS) is 10.2. The summed E-state index contributed by atoms with van der Waals surface area (Å²) < 4.78 is 4.80. The predicted octanol–water partition coefficient (Wildman–Crippen LogP) is 2.67. The number of carbonyl (C=O) groups excluding carboxylic acids is 1. The number of esters is 1. The van der Waals surface area contributed by atoms with Gasteiger partial charge < -0.3 is 4.74 Å². The molecule has 4 nitrogen and oxygen atoms in total. The molecule has 16 heavy (non-hydrogen) atoms. The van der Waals surface area contributed by atoms with Crippen LogP contribution in [0.3, 0.4) is 0 Å². The van der Waals surface area contributed by atoms with Gasteiger partial charge >= 0.3 is 5.97 Å². The molecule has 0 spiro atoms. The fourth-order valence-electron chi connectivity index (χ4n) is 1.22. The molecule has 0 N–H and O–H groups in total. The summed E-state index contributed by atoms with van der Waals surface area (Å²) >= 11 is 11.7. The molecule has 88 valence electrons. The third kappa shape index (κ3) is 3.94. The number of halogens is 2. The first kappa shape index (κ1) is 13.2. The first-order chi connectivity index (χ1) is 7.65. The first-order valence-corrected chi connectivity index (χ1v) is 5.71. The van der Waals surface area contributed by atoms with Gasteiger partial charge in [-0.25, -0.2) is 9.97 Å². The Balaban J connectivity index is 2.46. The monoisotopic (exact) mass is 262 g/mol. The highest BCUT2D eigenvalue weighted by Gasteiger charge is 2.09. The van der Waals surface area contributed by atoms with Crippen LogP contribution >= 0.6 is 23.2 Å². The predicted molar refractivity (Wildman–Crippen MR) is 61.6 cm³/mol. The minimum absolute atomic E-state index is 0.216. The van der Waals surface area contributed by atoms with Gasteiger partial charge in [-0.1, -0.05) is 23.2 Å². The van der Waals surface area contributed by atoms with E-state index < -0.39 is 0 Å². The summed E-state index contributed by atoms with van der Waals surface area (Å²) in [4.78, 5) is 18.7. The molecule has 0 saturated carbocycles. The lowest BCUT2D eigenvalue weighted by molar-refractivity contribution is -0.143. The number of aromatic nitrogens is 2. The number of carbonyl (C=O) groups is 1. The van der Waals surface area contributed by atoms with Gasteiger partial charge in [-0.15, -0.1) is 0 Å². The highest BCUT2D eigenvalue weighted by Crippen LogP contribution is 2.21. The molecule has 0 unspecified atom stereocenters. The second-order valence-corrected chi connectivity index (χ2v) is 3.81. The van der Waals surface area contributed by atoms with Gasteiger partial charge in [0.1, 0.15) is 16.6 Å². The van der Waals surface area contributed by atoms with Crippen molar-refractivity contribution >= 4 is 29.2 Å². The third-order valence-corrected chi connectivity index (χ3v) is 2.60. The Morgan fingerprint density at radius 3 is 2.56 bits per heavy atom.